The highest BCUT2D eigenvalue weighted by molar-refractivity contribution is 7.89. The fourth-order valence-electron chi connectivity index (χ4n) is 4.24. The molecule has 2 aromatic carbocycles. The number of rotatable bonds is 6. The van der Waals surface area contributed by atoms with Gasteiger partial charge in [-0.15, -0.1) is 0 Å². The molecule has 1 aliphatic rings. The van der Waals surface area contributed by atoms with Crippen molar-refractivity contribution in [1.29, 1.82) is 0 Å². The Bertz CT molecular complexity index is 960. The normalized spacial score (nSPS) is 15.2. The molecule has 1 aliphatic heterocycles. The van der Waals surface area contributed by atoms with E-state index in [4.69, 9.17) is 0 Å². The number of anilines is 1. The summed E-state index contributed by atoms with van der Waals surface area (Å²) in [5.41, 5.74) is 6.38. The topological polar surface area (TPSA) is 52.7 Å². The van der Waals surface area contributed by atoms with Crippen LogP contribution in [0.4, 0.5) is 5.69 Å². The molecule has 0 saturated carbocycles. The quantitative estimate of drug-likeness (QED) is 0.808. The molecule has 1 heterocycles. The van der Waals surface area contributed by atoms with Gasteiger partial charge in [0, 0.05) is 31.9 Å². The Balaban J connectivity index is 1.85. The van der Waals surface area contributed by atoms with Gasteiger partial charge in [-0.3, -0.25) is 0 Å². The maximum absolute atomic E-state index is 13.0. The van der Waals surface area contributed by atoms with Gasteiger partial charge in [0.2, 0.25) is 10.0 Å². The van der Waals surface area contributed by atoms with Crippen LogP contribution in [0.5, 0.6) is 0 Å². The van der Waals surface area contributed by atoms with Crippen LogP contribution in [0, 0.1) is 20.8 Å². The smallest absolute Gasteiger partial charge is 0.241 e. The van der Waals surface area contributed by atoms with E-state index in [9.17, 15) is 8.42 Å². The van der Waals surface area contributed by atoms with E-state index in [1.807, 2.05) is 47.0 Å². The van der Waals surface area contributed by atoms with Crippen molar-refractivity contribution < 1.29 is 8.42 Å². The lowest BCUT2D eigenvalue weighted by Gasteiger charge is -2.26. The molecular formula is C22H31N3O2S. The Morgan fingerprint density at radius 2 is 1.75 bits per heavy atom. The van der Waals surface area contributed by atoms with Crippen LogP contribution in [0.1, 0.15) is 33.9 Å². The molecule has 0 amide bonds. The summed E-state index contributed by atoms with van der Waals surface area (Å²) in [6.07, 6.45) is 1.04. The lowest BCUT2D eigenvalue weighted by atomic mass is 10.0. The number of hydrogen-bond donors (Lipinski definition) is 1. The van der Waals surface area contributed by atoms with Gasteiger partial charge in [0.05, 0.1) is 4.90 Å². The molecule has 0 unspecified atom stereocenters. The Hall–Kier alpha value is -1.89. The highest BCUT2D eigenvalue weighted by Gasteiger charge is 2.24. The summed E-state index contributed by atoms with van der Waals surface area (Å²) in [5, 5.41) is 0. The fourth-order valence-corrected chi connectivity index (χ4v) is 5.73. The van der Waals surface area contributed by atoms with Crippen molar-refractivity contribution in [2.45, 2.75) is 38.1 Å². The lowest BCUT2D eigenvalue weighted by Crippen LogP contribution is -2.35. The van der Waals surface area contributed by atoms with Gasteiger partial charge in [0.15, 0.2) is 0 Å². The average molecular weight is 402 g/mol. The van der Waals surface area contributed by atoms with E-state index in [0.717, 1.165) is 35.2 Å². The first-order chi connectivity index (χ1) is 13.1. The first-order valence-electron chi connectivity index (χ1n) is 9.68. The van der Waals surface area contributed by atoms with E-state index in [-0.39, 0.29) is 6.04 Å². The molecule has 0 fully saturated rings. The molecule has 28 heavy (non-hydrogen) atoms. The molecule has 3 rings (SSSR count). The predicted molar refractivity (Wildman–Crippen MR) is 116 cm³/mol. The molecule has 2 aromatic rings. The first kappa shape index (κ1) is 20.8. The molecule has 0 aliphatic carbocycles. The van der Waals surface area contributed by atoms with E-state index in [1.165, 1.54) is 11.3 Å². The van der Waals surface area contributed by atoms with Crippen LogP contribution < -0.4 is 9.62 Å². The van der Waals surface area contributed by atoms with Crippen molar-refractivity contribution in [2.24, 2.45) is 0 Å². The maximum Gasteiger partial charge on any atom is 0.241 e. The number of likely N-dealkylation sites (N-methyl/N-ethyl adjacent to an activating group) is 2. The summed E-state index contributed by atoms with van der Waals surface area (Å²) in [5.74, 6) is 0. The fraction of sp³-hybridized carbons (Fsp3) is 0.455. The monoisotopic (exact) mass is 401 g/mol. The van der Waals surface area contributed by atoms with Crippen molar-refractivity contribution in [2.75, 3.05) is 39.1 Å². The van der Waals surface area contributed by atoms with Crippen LogP contribution >= 0.6 is 0 Å². The summed E-state index contributed by atoms with van der Waals surface area (Å²) in [4.78, 5) is 4.72. The molecule has 1 atom stereocenters. The van der Waals surface area contributed by atoms with Gasteiger partial charge in [0.1, 0.15) is 0 Å². The number of hydrogen-bond acceptors (Lipinski definition) is 4. The van der Waals surface area contributed by atoms with E-state index in [1.54, 1.807) is 0 Å². The number of sulfonamides is 1. The third-order valence-corrected chi connectivity index (χ3v) is 7.31. The second-order valence-corrected chi connectivity index (χ2v) is 9.82. The van der Waals surface area contributed by atoms with E-state index in [0.29, 0.717) is 11.4 Å². The molecule has 0 saturated heterocycles. The van der Waals surface area contributed by atoms with Crippen LogP contribution in [0.15, 0.2) is 35.2 Å². The Morgan fingerprint density at radius 3 is 2.36 bits per heavy atom. The first-order valence-corrected chi connectivity index (χ1v) is 11.2. The highest BCUT2D eigenvalue weighted by Crippen LogP contribution is 2.31. The zero-order valence-corrected chi connectivity index (χ0v) is 18.5. The second-order valence-electron chi connectivity index (χ2n) is 8.12. The zero-order valence-electron chi connectivity index (χ0n) is 17.7. The SMILES string of the molecule is Cc1cc(C)c(S(=O)(=O)NC[C@@H](c2ccc3c(c2)CCN3C)N(C)C)c(C)c1. The van der Waals surface area contributed by atoms with Gasteiger partial charge in [-0.1, -0.05) is 29.8 Å². The standard InChI is InChI=1S/C22H31N3O2S/c1-15-11-16(2)22(17(3)12-15)28(26,27)23-14-21(24(4)5)18-7-8-20-19(13-18)9-10-25(20)6/h7-8,11-13,21,23H,9-10,14H2,1-6H3/t21-/m0/s1. The van der Waals surface area contributed by atoms with Crippen LogP contribution in [0.2, 0.25) is 0 Å². The maximum atomic E-state index is 13.0. The molecule has 0 aromatic heterocycles. The van der Waals surface area contributed by atoms with E-state index in [2.05, 4.69) is 39.8 Å². The van der Waals surface area contributed by atoms with Crippen molar-refractivity contribution in [3.63, 3.8) is 0 Å². The number of benzene rings is 2. The molecule has 152 valence electrons. The minimum Gasteiger partial charge on any atom is -0.374 e. The van der Waals surface area contributed by atoms with Gasteiger partial charge in [-0.05, 0) is 69.6 Å². The average Bonchev–Trinajstić information content (AvgIpc) is 2.94. The zero-order chi connectivity index (χ0) is 20.6. The summed E-state index contributed by atoms with van der Waals surface area (Å²) >= 11 is 0. The third kappa shape index (κ3) is 4.09. The highest BCUT2D eigenvalue weighted by atomic mass is 32.2. The van der Waals surface area contributed by atoms with Gasteiger partial charge in [-0.25, -0.2) is 13.1 Å². The number of nitrogens with one attached hydrogen (secondary N) is 1. The molecular weight excluding hydrogens is 370 g/mol. The molecule has 5 nitrogen and oxygen atoms in total. The van der Waals surface area contributed by atoms with Crippen LogP contribution in [0.25, 0.3) is 0 Å². The molecule has 0 radical (unpaired) electrons. The van der Waals surface area contributed by atoms with Crippen molar-refractivity contribution >= 4 is 15.7 Å². The van der Waals surface area contributed by atoms with Crippen molar-refractivity contribution in [3.8, 4) is 0 Å². The van der Waals surface area contributed by atoms with Gasteiger partial charge in [-0.2, -0.15) is 0 Å². The Morgan fingerprint density at radius 1 is 1.11 bits per heavy atom. The Kier molecular flexibility index (Phi) is 5.84. The largest absolute Gasteiger partial charge is 0.374 e. The third-order valence-electron chi connectivity index (χ3n) is 5.58. The van der Waals surface area contributed by atoms with Crippen molar-refractivity contribution in [1.82, 2.24) is 9.62 Å². The minimum absolute atomic E-state index is 0.0305. The van der Waals surface area contributed by atoms with E-state index >= 15 is 0 Å². The predicted octanol–water partition coefficient (Wildman–Crippen LogP) is 3.19. The summed E-state index contributed by atoms with van der Waals surface area (Å²) < 4.78 is 28.9. The number of aryl methyl sites for hydroxylation is 3. The Labute approximate surface area is 169 Å². The second kappa shape index (κ2) is 7.85. The summed E-state index contributed by atoms with van der Waals surface area (Å²) in [7, 11) is 2.50. The molecule has 1 N–H and O–H groups in total. The molecule has 0 spiro atoms. The minimum atomic E-state index is -3.58. The number of nitrogens with zero attached hydrogens (tertiary/aromatic N) is 2. The van der Waals surface area contributed by atoms with Crippen LogP contribution in [0.3, 0.4) is 0 Å². The van der Waals surface area contributed by atoms with Crippen LogP contribution in [-0.2, 0) is 16.4 Å². The van der Waals surface area contributed by atoms with Crippen LogP contribution in [-0.4, -0.2) is 47.6 Å². The van der Waals surface area contributed by atoms with Crippen molar-refractivity contribution in [3.05, 3.63) is 58.1 Å². The molecule has 0 bridgehead atoms. The lowest BCUT2D eigenvalue weighted by molar-refractivity contribution is 0.299. The van der Waals surface area contributed by atoms with Gasteiger partial charge >= 0.3 is 0 Å². The summed E-state index contributed by atoms with van der Waals surface area (Å²) in [6, 6.07) is 10.3. The summed E-state index contributed by atoms with van der Waals surface area (Å²) in [6.45, 7) is 7.06. The van der Waals surface area contributed by atoms with Gasteiger partial charge < -0.3 is 9.80 Å². The number of fused-ring (bicyclic) bond motifs is 1. The van der Waals surface area contributed by atoms with Gasteiger partial charge in [0.25, 0.3) is 0 Å². The van der Waals surface area contributed by atoms with E-state index < -0.39 is 10.0 Å². The molecule has 6 heteroatoms.